The summed E-state index contributed by atoms with van der Waals surface area (Å²) in [7, 11) is 0. The molecule has 5 aromatic rings. The molecule has 0 radical (unpaired) electrons. The number of carbonyl (C=O) groups excluding carboxylic acids is 1. The van der Waals surface area contributed by atoms with Crippen molar-refractivity contribution in [2.75, 3.05) is 5.32 Å². The Bertz CT molecular complexity index is 1400. The fourth-order valence-corrected chi connectivity index (χ4v) is 4.32. The van der Waals surface area contributed by atoms with Crippen LogP contribution in [0.25, 0.3) is 21.7 Å². The van der Waals surface area contributed by atoms with Crippen LogP contribution in [0, 0.1) is 0 Å². The van der Waals surface area contributed by atoms with Crippen molar-refractivity contribution in [2.24, 2.45) is 0 Å². The molecule has 0 atom stereocenters. The van der Waals surface area contributed by atoms with Gasteiger partial charge in [0, 0.05) is 17.7 Å². The minimum Gasteiger partial charge on any atom is -0.388 e. The van der Waals surface area contributed by atoms with Gasteiger partial charge in [-0.25, -0.2) is 9.78 Å². The molecule has 7 nitrogen and oxygen atoms in total. The summed E-state index contributed by atoms with van der Waals surface area (Å²) in [6.07, 6.45) is 0.726. The molecule has 3 aromatic carbocycles. The minimum atomic E-state index is -0.676. The molecule has 0 saturated heterocycles. The maximum atomic E-state index is 12.4. The van der Waals surface area contributed by atoms with Crippen LogP contribution in [0.2, 0.25) is 0 Å². The van der Waals surface area contributed by atoms with Gasteiger partial charge in [0.1, 0.15) is 6.54 Å². The van der Waals surface area contributed by atoms with E-state index in [1.54, 1.807) is 23.5 Å². The van der Waals surface area contributed by atoms with Crippen LogP contribution in [0.4, 0.5) is 5.69 Å². The Kier molecular flexibility index (Phi) is 5.35. The van der Waals surface area contributed by atoms with Gasteiger partial charge in [-0.05, 0) is 42.0 Å². The predicted octanol–water partition coefficient (Wildman–Crippen LogP) is 4.34. The lowest BCUT2D eigenvalue weighted by atomic mass is 10.1. The van der Waals surface area contributed by atoms with Crippen LogP contribution in [0.3, 0.4) is 0 Å². The fourth-order valence-electron chi connectivity index (χ4n) is 3.32. The molecule has 2 aromatic heterocycles. The smallest absolute Gasteiger partial charge is 0.388 e. The molecule has 0 unspecified atom stereocenters. The van der Waals surface area contributed by atoms with E-state index in [2.05, 4.69) is 21.5 Å². The SMILES string of the molecule is O=C(Cn1nc(-c2ccccc2)oc1=O)Nc1ccc(Cc2nc3ccccc3s2)cc1. The van der Waals surface area contributed by atoms with Gasteiger partial charge in [0.15, 0.2) is 0 Å². The summed E-state index contributed by atoms with van der Waals surface area (Å²) in [6, 6.07) is 24.7. The van der Waals surface area contributed by atoms with Gasteiger partial charge in [-0.2, -0.15) is 4.68 Å². The van der Waals surface area contributed by atoms with E-state index in [0.29, 0.717) is 11.3 Å². The summed E-state index contributed by atoms with van der Waals surface area (Å²) in [6.45, 7) is -0.234. The maximum Gasteiger partial charge on any atom is 0.437 e. The zero-order chi connectivity index (χ0) is 21.9. The average molecular weight is 443 g/mol. The molecule has 0 bridgehead atoms. The molecule has 0 aliphatic carbocycles. The lowest BCUT2D eigenvalue weighted by Gasteiger charge is -2.05. The van der Waals surface area contributed by atoms with Gasteiger partial charge in [-0.1, -0.05) is 42.5 Å². The monoisotopic (exact) mass is 442 g/mol. The van der Waals surface area contributed by atoms with E-state index in [1.807, 2.05) is 60.7 Å². The molecular weight excluding hydrogens is 424 g/mol. The van der Waals surface area contributed by atoms with E-state index in [0.717, 1.165) is 27.2 Å². The van der Waals surface area contributed by atoms with Crippen molar-refractivity contribution in [1.29, 1.82) is 0 Å². The molecule has 0 aliphatic heterocycles. The van der Waals surface area contributed by atoms with Crippen molar-refractivity contribution >= 4 is 33.1 Å². The first kappa shape index (κ1) is 19.9. The molecule has 5 rings (SSSR count). The highest BCUT2D eigenvalue weighted by Gasteiger charge is 2.13. The summed E-state index contributed by atoms with van der Waals surface area (Å²) in [5, 5.41) is 7.94. The Morgan fingerprint density at radius 1 is 0.969 bits per heavy atom. The third-order valence-corrected chi connectivity index (χ3v) is 5.89. The molecule has 0 spiro atoms. The first-order valence-electron chi connectivity index (χ1n) is 10.0. The van der Waals surface area contributed by atoms with E-state index in [1.165, 1.54) is 4.70 Å². The maximum absolute atomic E-state index is 12.4. The van der Waals surface area contributed by atoms with Crippen LogP contribution in [0.5, 0.6) is 0 Å². The summed E-state index contributed by atoms with van der Waals surface area (Å²) in [5.74, 6) is -0.855. The third kappa shape index (κ3) is 4.35. The van der Waals surface area contributed by atoms with Gasteiger partial charge in [0.25, 0.3) is 0 Å². The minimum absolute atomic E-state index is 0.183. The lowest BCUT2D eigenvalue weighted by Crippen LogP contribution is -2.25. The van der Waals surface area contributed by atoms with Gasteiger partial charge in [-0.3, -0.25) is 4.79 Å². The zero-order valence-corrected chi connectivity index (χ0v) is 17.7. The zero-order valence-electron chi connectivity index (χ0n) is 16.9. The molecule has 0 aliphatic rings. The van der Waals surface area contributed by atoms with Gasteiger partial charge in [-0.15, -0.1) is 16.4 Å². The molecule has 1 amide bonds. The van der Waals surface area contributed by atoms with Crippen molar-refractivity contribution in [3.05, 3.63) is 100.0 Å². The average Bonchev–Trinajstić information content (AvgIpc) is 3.38. The molecular formula is C24H18N4O3S. The highest BCUT2D eigenvalue weighted by Crippen LogP contribution is 2.24. The molecule has 158 valence electrons. The first-order valence-corrected chi connectivity index (χ1v) is 10.8. The molecule has 2 heterocycles. The highest BCUT2D eigenvalue weighted by atomic mass is 32.1. The topological polar surface area (TPSA) is 90.0 Å². The second kappa shape index (κ2) is 8.60. The molecule has 32 heavy (non-hydrogen) atoms. The number of benzene rings is 3. The third-order valence-electron chi connectivity index (χ3n) is 4.85. The van der Waals surface area contributed by atoms with Crippen LogP contribution >= 0.6 is 11.3 Å². The number of fused-ring (bicyclic) bond motifs is 1. The Morgan fingerprint density at radius 3 is 2.50 bits per heavy atom. The normalized spacial score (nSPS) is 11.0. The number of hydrogen-bond donors (Lipinski definition) is 1. The second-order valence-corrected chi connectivity index (χ2v) is 8.31. The van der Waals surface area contributed by atoms with E-state index in [4.69, 9.17) is 4.42 Å². The van der Waals surface area contributed by atoms with Crippen molar-refractivity contribution < 1.29 is 9.21 Å². The van der Waals surface area contributed by atoms with Crippen LogP contribution in [-0.4, -0.2) is 20.7 Å². The van der Waals surface area contributed by atoms with Crippen LogP contribution < -0.4 is 11.1 Å². The van der Waals surface area contributed by atoms with Gasteiger partial charge >= 0.3 is 5.76 Å². The fraction of sp³-hybridized carbons (Fsp3) is 0.0833. The largest absolute Gasteiger partial charge is 0.437 e. The number of aromatic nitrogens is 3. The molecule has 0 saturated carbocycles. The number of carbonyl (C=O) groups is 1. The molecule has 8 heteroatoms. The molecule has 1 N–H and O–H groups in total. The number of nitrogens with one attached hydrogen (secondary N) is 1. The van der Waals surface area contributed by atoms with Crippen LogP contribution in [0.1, 0.15) is 10.6 Å². The summed E-state index contributed by atoms with van der Waals surface area (Å²) < 4.78 is 7.34. The van der Waals surface area contributed by atoms with Gasteiger partial charge < -0.3 is 9.73 Å². The predicted molar refractivity (Wildman–Crippen MR) is 124 cm³/mol. The van der Waals surface area contributed by atoms with Crippen molar-refractivity contribution in [3.8, 4) is 11.5 Å². The Hall–Kier alpha value is -4.04. The van der Waals surface area contributed by atoms with E-state index < -0.39 is 5.76 Å². The number of hydrogen-bond acceptors (Lipinski definition) is 6. The standard InChI is InChI=1S/C24H18N4O3S/c29-21(15-28-24(30)31-23(27-28)17-6-2-1-3-7-17)25-18-12-10-16(11-13-18)14-22-26-19-8-4-5-9-20(19)32-22/h1-13H,14-15H2,(H,25,29). The van der Waals surface area contributed by atoms with E-state index in [9.17, 15) is 9.59 Å². The van der Waals surface area contributed by atoms with Crippen molar-refractivity contribution in [3.63, 3.8) is 0 Å². The van der Waals surface area contributed by atoms with E-state index in [-0.39, 0.29) is 18.3 Å². The number of para-hydroxylation sites is 1. The number of amides is 1. The number of rotatable bonds is 6. The second-order valence-electron chi connectivity index (χ2n) is 7.19. The highest BCUT2D eigenvalue weighted by molar-refractivity contribution is 7.18. The number of anilines is 1. The van der Waals surface area contributed by atoms with Crippen LogP contribution in [0.15, 0.2) is 88.1 Å². The number of nitrogens with zero attached hydrogens (tertiary/aromatic N) is 3. The Balaban J connectivity index is 1.22. The first-order chi connectivity index (χ1) is 15.6. The van der Waals surface area contributed by atoms with Gasteiger partial charge in [0.05, 0.1) is 15.2 Å². The van der Waals surface area contributed by atoms with Crippen molar-refractivity contribution in [1.82, 2.24) is 14.8 Å². The summed E-state index contributed by atoms with van der Waals surface area (Å²) in [4.78, 5) is 29.1. The summed E-state index contributed by atoms with van der Waals surface area (Å²) >= 11 is 1.68. The van der Waals surface area contributed by atoms with Gasteiger partial charge in [0.2, 0.25) is 11.8 Å². The van der Waals surface area contributed by atoms with Crippen LogP contribution in [-0.2, 0) is 17.8 Å². The van der Waals surface area contributed by atoms with Crippen molar-refractivity contribution in [2.45, 2.75) is 13.0 Å². The quantitative estimate of drug-likeness (QED) is 0.422. The summed E-state index contributed by atoms with van der Waals surface area (Å²) in [5.41, 5.74) is 3.42. The Labute approximate surface area is 187 Å². The van der Waals surface area contributed by atoms with E-state index >= 15 is 0 Å². The molecule has 0 fully saturated rings. The lowest BCUT2D eigenvalue weighted by molar-refractivity contribution is -0.117. The number of thiazole rings is 1. The Morgan fingerprint density at radius 2 is 1.72 bits per heavy atom.